The molecule has 0 bridgehead atoms. The highest BCUT2D eigenvalue weighted by atomic mass is 19.4. The fraction of sp³-hybridized carbons (Fsp3) is 0.625. The molecule has 1 rings (SSSR count). The number of hydrogen-bond donors (Lipinski definition) is 1. The fourth-order valence-electron chi connectivity index (χ4n) is 2.67. The first kappa shape index (κ1) is 18.0. The van der Waals surface area contributed by atoms with Crippen molar-refractivity contribution in [1.29, 1.82) is 0 Å². The summed E-state index contributed by atoms with van der Waals surface area (Å²) in [6.07, 6.45) is -2.92. The van der Waals surface area contributed by atoms with E-state index >= 15 is 0 Å². The number of rotatable bonds is 7. The van der Waals surface area contributed by atoms with Gasteiger partial charge in [0.15, 0.2) is 0 Å². The molecule has 0 fully saturated rings. The summed E-state index contributed by atoms with van der Waals surface area (Å²) in [5.74, 6) is 0. The molecule has 5 heteroatoms. The molecule has 0 amide bonds. The Morgan fingerprint density at radius 1 is 1.19 bits per heavy atom. The first-order valence-corrected chi connectivity index (χ1v) is 7.42. The topological polar surface area (TPSA) is 29.3 Å². The van der Waals surface area contributed by atoms with Crippen molar-refractivity contribution in [2.24, 2.45) is 5.73 Å². The van der Waals surface area contributed by atoms with Crippen LogP contribution in [0.2, 0.25) is 0 Å². The highest BCUT2D eigenvalue weighted by molar-refractivity contribution is 5.30. The maximum atomic E-state index is 12.9. The molecule has 1 aromatic carbocycles. The zero-order chi connectivity index (χ0) is 16.0. The van der Waals surface area contributed by atoms with Gasteiger partial charge in [-0.05, 0) is 37.4 Å². The van der Waals surface area contributed by atoms with Gasteiger partial charge in [-0.3, -0.25) is 4.90 Å². The molecule has 0 aliphatic carbocycles. The van der Waals surface area contributed by atoms with Gasteiger partial charge in [-0.1, -0.05) is 38.1 Å². The van der Waals surface area contributed by atoms with E-state index in [0.717, 1.165) is 11.1 Å². The van der Waals surface area contributed by atoms with E-state index in [4.69, 9.17) is 5.73 Å². The van der Waals surface area contributed by atoms with Gasteiger partial charge in [0.25, 0.3) is 0 Å². The zero-order valence-corrected chi connectivity index (χ0v) is 13.0. The minimum atomic E-state index is -4.22. The van der Waals surface area contributed by atoms with Crippen LogP contribution in [0.15, 0.2) is 24.3 Å². The summed E-state index contributed by atoms with van der Waals surface area (Å²) in [4.78, 5) is 1.47. The lowest BCUT2D eigenvalue weighted by Crippen LogP contribution is -2.45. The van der Waals surface area contributed by atoms with Crippen molar-refractivity contribution in [3.8, 4) is 0 Å². The van der Waals surface area contributed by atoms with Gasteiger partial charge in [0.05, 0.1) is 12.6 Å². The normalized spacial score (nSPS) is 15.2. The Labute approximate surface area is 125 Å². The summed E-state index contributed by atoms with van der Waals surface area (Å²) in [6.45, 7) is 5.17. The molecule has 0 aromatic heterocycles. The van der Waals surface area contributed by atoms with E-state index in [9.17, 15) is 13.2 Å². The molecule has 0 radical (unpaired) electrons. The number of halogens is 3. The first-order valence-electron chi connectivity index (χ1n) is 7.42. The Hall–Kier alpha value is -1.07. The van der Waals surface area contributed by atoms with E-state index in [-0.39, 0.29) is 6.04 Å². The Morgan fingerprint density at radius 3 is 2.29 bits per heavy atom. The van der Waals surface area contributed by atoms with Crippen LogP contribution in [-0.2, 0) is 0 Å². The molecule has 120 valence electrons. The number of aryl methyl sites for hydroxylation is 1. The Morgan fingerprint density at radius 2 is 1.81 bits per heavy atom. The molecule has 21 heavy (non-hydrogen) atoms. The SMILES string of the molecule is CCCN(CC(F)(F)F)C(c1ccccc1C)C(N)CC. The van der Waals surface area contributed by atoms with Crippen LogP contribution in [0.4, 0.5) is 13.2 Å². The van der Waals surface area contributed by atoms with Gasteiger partial charge in [0.2, 0.25) is 0 Å². The van der Waals surface area contributed by atoms with Crippen LogP contribution in [0.1, 0.15) is 43.9 Å². The second-order valence-electron chi connectivity index (χ2n) is 5.46. The summed E-state index contributed by atoms with van der Waals surface area (Å²) in [6, 6.07) is 6.83. The summed E-state index contributed by atoms with van der Waals surface area (Å²) < 4.78 is 38.7. The van der Waals surface area contributed by atoms with Gasteiger partial charge in [-0.15, -0.1) is 0 Å². The third-order valence-corrected chi connectivity index (χ3v) is 3.67. The van der Waals surface area contributed by atoms with E-state index in [1.165, 1.54) is 4.90 Å². The highest BCUT2D eigenvalue weighted by Crippen LogP contribution is 2.30. The lowest BCUT2D eigenvalue weighted by atomic mass is 9.92. The minimum absolute atomic E-state index is 0.319. The predicted octanol–water partition coefficient (Wildman–Crippen LogP) is 4.05. The van der Waals surface area contributed by atoms with Crippen molar-refractivity contribution in [3.05, 3.63) is 35.4 Å². The minimum Gasteiger partial charge on any atom is -0.326 e. The average molecular weight is 302 g/mol. The second kappa shape index (κ2) is 7.80. The number of nitrogens with two attached hydrogens (primary N) is 1. The Bertz CT molecular complexity index is 432. The Balaban J connectivity index is 3.17. The van der Waals surface area contributed by atoms with Crippen LogP contribution in [-0.4, -0.2) is 30.2 Å². The van der Waals surface area contributed by atoms with Gasteiger partial charge in [-0.25, -0.2) is 0 Å². The van der Waals surface area contributed by atoms with Crippen LogP contribution in [0, 0.1) is 6.92 Å². The monoisotopic (exact) mass is 302 g/mol. The zero-order valence-electron chi connectivity index (χ0n) is 13.0. The molecule has 2 unspecified atom stereocenters. The second-order valence-corrected chi connectivity index (χ2v) is 5.46. The number of hydrogen-bond acceptors (Lipinski definition) is 2. The van der Waals surface area contributed by atoms with Crippen molar-refractivity contribution in [2.75, 3.05) is 13.1 Å². The number of alkyl halides is 3. The fourth-order valence-corrected chi connectivity index (χ4v) is 2.67. The molecule has 2 N–H and O–H groups in total. The van der Waals surface area contributed by atoms with Crippen LogP contribution in [0.5, 0.6) is 0 Å². The average Bonchev–Trinajstić information content (AvgIpc) is 2.39. The number of benzene rings is 1. The van der Waals surface area contributed by atoms with Crippen LogP contribution >= 0.6 is 0 Å². The van der Waals surface area contributed by atoms with Crippen molar-refractivity contribution >= 4 is 0 Å². The largest absolute Gasteiger partial charge is 0.401 e. The van der Waals surface area contributed by atoms with E-state index in [2.05, 4.69) is 0 Å². The maximum absolute atomic E-state index is 12.9. The van der Waals surface area contributed by atoms with E-state index in [0.29, 0.717) is 19.4 Å². The van der Waals surface area contributed by atoms with Gasteiger partial charge in [0, 0.05) is 6.04 Å². The summed E-state index contributed by atoms with van der Waals surface area (Å²) in [7, 11) is 0. The first-order chi connectivity index (χ1) is 9.80. The highest BCUT2D eigenvalue weighted by Gasteiger charge is 2.36. The van der Waals surface area contributed by atoms with Gasteiger partial charge in [0.1, 0.15) is 0 Å². The van der Waals surface area contributed by atoms with Gasteiger partial charge >= 0.3 is 6.18 Å². The molecule has 0 saturated carbocycles. The maximum Gasteiger partial charge on any atom is 0.401 e. The Kier molecular flexibility index (Phi) is 6.68. The molecule has 0 heterocycles. The lowest BCUT2D eigenvalue weighted by Gasteiger charge is -2.36. The molecular weight excluding hydrogens is 277 g/mol. The smallest absolute Gasteiger partial charge is 0.326 e. The van der Waals surface area contributed by atoms with E-state index in [1.54, 1.807) is 0 Å². The molecule has 0 spiro atoms. The summed E-state index contributed by atoms with van der Waals surface area (Å²) in [5.41, 5.74) is 8.03. The molecular formula is C16H25F3N2. The molecule has 0 aliphatic rings. The lowest BCUT2D eigenvalue weighted by molar-refractivity contribution is -0.152. The van der Waals surface area contributed by atoms with Crippen LogP contribution < -0.4 is 5.73 Å². The van der Waals surface area contributed by atoms with E-state index in [1.807, 2.05) is 45.0 Å². The van der Waals surface area contributed by atoms with Crippen LogP contribution in [0.25, 0.3) is 0 Å². The standard InChI is InChI=1S/C16H25F3N2/c1-4-10-21(11-16(17,18)19)15(14(20)5-2)13-9-7-6-8-12(13)3/h6-9,14-15H,4-5,10-11,20H2,1-3H3. The van der Waals surface area contributed by atoms with Crippen LogP contribution in [0.3, 0.4) is 0 Å². The van der Waals surface area contributed by atoms with Crippen molar-refractivity contribution in [1.82, 2.24) is 4.90 Å². The van der Waals surface area contributed by atoms with E-state index < -0.39 is 18.8 Å². The molecule has 0 saturated heterocycles. The predicted molar refractivity (Wildman–Crippen MR) is 80.1 cm³/mol. The third kappa shape index (κ3) is 5.32. The van der Waals surface area contributed by atoms with Gasteiger partial charge in [-0.2, -0.15) is 13.2 Å². The summed E-state index contributed by atoms with van der Waals surface area (Å²) in [5, 5.41) is 0. The molecule has 2 nitrogen and oxygen atoms in total. The van der Waals surface area contributed by atoms with Crippen molar-refractivity contribution in [2.45, 2.75) is 51.9 Å². The quantitative estimate of drug-likeness (QED) is 0.823. The number of nitrogens with zero attached hydrogens (tertiary/aromatic N) is 1. The molecule has 1 aromatic rings. The third-order valence-electron chi connectivity index (χ3n) is 3.67. The van der Waals surface area contributed by atoms with Crippen molar-refractivity contribution < 1.29 is 13.2 Å². The van der Waals surface area contributed by atoms with Gasteiger partial charge < -0.3 is 5.73 Å². The summed E-state index contributed by atoms with van der Waals surface area (Å²) >= 11 is 0. The molecule has 2 atom stereocenters. The van der Waals surface area contributed by atoms with Crippen molar-refractivity contribution in [3.63, 3.8) is 0 Å². The molecule has 0 aliphatic heterocycles.